The van der Waals surface area contributed by atoms with Crippen LogP contribution in [0.5, 0.6) is 0 Å². The van der Waals surface area contributed by atoms with E-state index in [1.54, 1.807) is 12.1 Å². The average molecular weight is 285 g/mol. The van der Waals surface area contributed by atoms with Crippen molar-refractivity contribution in [2.75, 3.05) is 13.1 Å². The zero-order chi connectivity index (χ0) is 14.4. The summed E-state index contributed by atoms with van der Waals surface area (Å²) in [5.41, 5.74) is 6.38. The highest BCUT2D eigenvalue weighted by Gasteiger charge is 2.10. The lowest BCUT2D eigenvalue weighted by Crippen LogP contribution is -2.26. The molecule has 1 rings (SSSR count). The highest BCUT2D eigenvalue weighted by molar-refractivity contribution is 6.31. The molecular weight excluding hydrogens is 268 g/mol. The molecule has 0 saturated carbocycles. The van der Waals surface area contributed by atoms with E-state index in [1.807, 2.05) is 11.8 Å². The van der Waals surface area contributed by atoms with E-state index in [9.17, 15) is 9.59 Å². The number of nitrogens with zero attached hydrogens (tertiary/aromatic N) is 1. The van der Waals surface area contributed by atoms with Gasteiger partial charge in [-0.1, -0.05) is 24.6 Å². The molecule has 5 nitrogen and oxygen atoms in total. The number of primary amides is 1. The molecule has 1 aromatic carbocycles. The number of nitrogens with two attached hydrogens (primary N) is 1. The number of hydrogen-bond acceptors (Lipinski definition) is 3. The molecular formula is C13H17ClN2O3. The van der Waals surface area contributed by atoms with Crippen molar-refractivity contribution >= 4 is 23.5 Å². The van der Waals surface area contributed by atoms with Gasteiger partial charge in [0.15, 0.2) is 0 Å². The van der Waals surface area contributed by atoms with Gasteiger partial charge in [-0.3, -0.25) is 14.5 Å². The van der Waals surface area contributed by atoms with Crippen molar-refractivity contribution in [3.05, 3.63) is 34.3 Å². The highest BCUT2D eigenvalue weighted by atomic mass is 35.5. The third-order valence-electron chi connectivity index (χ3n) is 2.82. The maximum Gasteiger partial charge on any atom is 0.304 e. The Hall–Kier alpha value is -1.59. The van der Waals surface area contributed by atoms with Crippen LogP contribution in [0.15, 0.2) is 18.2 Å². The fourth-order valence-corrected chi connectivity index (χ4v) is 1.91. The Kier molecular flexibility index (Phi) is 5.79. The summed E-state index contributed by atoms with van der Waals surface area (Å²) in [6, 6.07) is 4.89. The summed E-state index contributed by atoms with van der Waals surface area (Å²) in [6.07, 6.45) is 0.0881. The molecule has 0 aliphatic heterocycles. The van der Waals surface area contributed by atoms with Crippen LogP contribution >= 0.6 is 11.6 Å². The molecule has 0 heterocycles. The molecule has 0 aliphatic carbocycles. The standard InChI is InChI=1S/C13H17ClN2O3/c1-2-16(6-5-12(17)18)8-10-4-3-9(13(15)19)7-11(10)14/h3-4,7H,2,5-6,8H2,1H3,(H2,15,19)(H,17,18). The molecule has 1 amide bonds. The topological polar surface area (TPSA) is 83.6 Å². The van der Waals surface area contributed by atoms with Gasteiger partial charge in [-0.15, -0.1) is 0 Å². The second kappa shape index (κ2) is 7.11. The molecule has 104 valence electrons. The second-order valence-electron chi connectivity index (χ2n) is 4.18. The molecule has 6 heteroatoms. The Morgan fingerprint density at radius 2 is 2.11 bits per heavy atom. The number of carbonyl (C=O) groups excluding carboxylic acids is 1. The first kappa shape index (κ1) is 15.5. The number of carbonyl (C=O) groups is 2. The van der Waals surface area contributed by atoms with Crippen molar-refractivity contribution in [1.29, 1.82) is 0 Å². The first-order valence-electron chi connectivity index (χ1n) is 5.96. The van der Waals surface area contributed by atoms with E-state index >= 15 is 0 Å². The van der Waals surface area contributed by atoms with Crippen LogP contribution < -0.4 is 5.73 Å². The fourth-order valence-electron chi connectivity index (χ4n) is 1.67. The molecule has 0 bridgehead atoms. The predicted octanol–water partition coefficient (Wildman–Crippen LogP) is 1.74. The summed E-state index contributed by atoms with van der Waals surface area (Å²) in [6.45, 7) is 3.68. The summed E-state index contributed by atoms with van der Waals surface area (Å²) in [5, 5.41) is 9.13. The van der Waals surface area contributed by atoms with Gasteiger partial charge in [0, 0.05) is 23.7 Å². The number of carboxylic acid groups (broad SMARTS) is 1. The molecule has 0 radical (unpaired) electrons. The minimum atomic E-state index is -0.825. The van der Waals surface area contributed by atoms with E-state index in [0.717, 1.165) is 12.1 Å². The van der Waals surface area contributed by atoms with Crippen molar-refractivity contribution in [2.24, 2.45) is 5.73 Å². The smallest absolute Gasteiger partial charge is 0.304 e. The third kappa shape index (κ3) is 4.89. The molecule has 19 heavy (non-hydrogen) atoms. The van der Waals surface area contributed by atoms with Gasteiger partial charge in [-0.05, 0) is 24.2 Å². The van der Waals surface area contributed by atoms with E-state index in [-0.39, 0.29) is 6.42 Å². The third-order valence-corrected chi connectivity index (χ3v) is 3.17. The summed E-state index contributed by atoms with van der Waals surface area (Å²) < 4.78 is 0. The molecule has 0 fully saturated rings. The Bertz CT molecular complexity index is 477. The van der Waals surface area contributed by atoms with Gasteiger partial charge in [0.25, 0.3) is 0 Å². The van der Waals surface area contributed by atoms with Crippen molar-refractivity contribution in [1.82, 2.24) is 4.90 Å². The Morgan fingerprint density at radius 1 is 1.42 bits per heavy atom. The van der Waals surface area contributed by atoms with Crippen molar-refractivity contribution in [3.63, 3.8) is 0 Å². The molecule has 0 spiro atoms. The Morgan fingerprint density at radius 3 is 2.58 bits per heavy atom. The summed E-state index contributed by atoms with van der Waals surface area (Å²) in [5.74, 6) is -1.35. The lowest BCUT2D eigenvalue weighted by molar-refractivity contribution is -0.137. The van der Waals surface area contributed by atoms with Crippen LogP contribution in [0.4, 0.5) is 0 Å². The van der Waals surface area contributed by atoms with Gasteiger partial charge in [0.05, 0.1) is 6.42 Å². The van der Waals surface area contributed by atoms with Gasteiger partial charge in [0.2, 0.25) is 5.91 Å². The summed E-state index contributed by atoms with van der Waals surface area (Å²) >= 11 is 6.09. The number of halogens is 1. The monoisotopic (exact) mass is 284 g/mol. The van der Waals surface area contributed by atoms with Gasteiger partial charge < -0.3 is 10.8 Å². The summed E-state index contributed by atoms with van der Waals surface area (Å²) in [7, 11) is 0. The lowest BCUT2D eigenvalue weighted by Gasteiger charge is -2.20. The SMILES string of the molecule is CCN(CCC(=O)O)Cc1ccc(C(N)=O)cc1Cl. The first-order chi connectivity index (χ1) is 8.93. The largest absolute Gasteiger partial charge is 0.481 e. The maximum absolute atomic E-state index is 11.0. The maximum atomic E-state index is 11.0. The van der Waals surface area contributed by atoms with Crippen LogP contribution in [0.2, 0.25) is 5.02 Å². The van der Waals surface area contributed by atoms with Gasteiger partial charge in [0.1, 0.15) is 0 Å². The normalized spacial score (nSPS) is 10.7. The summed E-state index contributed by atoms with van der Waals surface area (Å²) in [4.78, 5) is 23.5. The van der Waals surface area contributed by atoms with E-state index < -0.39 is 11.9 Å². The first-order valence-corrected chi connectivity index (χ1v) is 6.34. The predicted molar refractivity (Wildman–Crippen MR) is 73.2 cm³/mol. The van der Waals surface area contributed by atoms with Crippen LogP contribution in [0.3, 0.4) is 0 Å². The molecule has 0 saturated heterocycles. The molecule has 1 aromatic rings. The number of amides is 1. The molecule has 0 atom stereocenters. The van der Waals surface area contributed by atoms with Crippen LogP contribution in [0.1, 0.15) is 29.3 Å². The number of hydrogen-bond donors (Lipinski definition) is 2. The Labute approximate surface area is 117 Å². The lowest BCUT2D eigenvalue weighted by atomic mass is 10.1. The average Bonchev–Trinajstić information content (AvgIpc) is 2.35. The number of rotatable bonds is 7. The second-order valence-corrected chi connectivity index (χ2v) is 4.59. The zero-order valence-corrected chi connectivity index (χ0v) is 11.5. The minimum absolute atomic E-state index is 0.0881. The van der Waals surface area contributed by atoms with Crippen LogP contribution in [-0.4, -0.2) is 35.0 Å². The van der Waals surface area contributed by atoms with Crippen LogP contribution in [-0.2, 0) is 11.3 Å². The zero-order valence-electron chi connectivity index (χ0n) is 10.7. The van der Waals surface area contributed by atoms with E-state index in [4.69, 9.17) is 22.4 Å². The van der Waals surface area contributed by atoms with E-state index in [2.05, 4.69) is 0 Å². The Balaban J connectivity index is 2.74. The van der Waals surface area contributed by atoms with Gasteiger partial charge >= 0.3 is 5.97 Å². The fraction of sp³-hybridized carbons (Fsp3) is 0.385. The number of carboxylic acids is 1. The van der Waals surface area contributed by atoms with Crippen molar-refractivity contribution in [3.8, 4) is 0 Å². The molecule has 0 aliphatic rings. The van der Waals surface area contributed by atoms with Crippen molar-refractivity contribution in [2.45, 2.75) is 19.9 Å². The quantitative estimate of drug-likeness (QED) is 0.799. The number of benzene rings is 1. The molecule has 3 N–H and O–H groups in total. The van der Waals surface area contributed by atoms with Gasteiger partial charge in [-0.2, -0.15) is 0 Å². The molecule has 0 aromatic heterocycles. The van der Waals surface area contributed by atoms with Crippen molar-refractivity contribution < 1.29 is 14.7 Å². The van der Waals surface area contributed by atoms with Crippen LogP contribution in [0, 0.1) is 0 Å². The number of aliphatic carboxylic acids is 1. The van der Waals surface area contributed by atoms with E-state index in [1.165, 1.54) is 6.07 Å². The van der Waals surface area contributed by atoms with E-state index in [0.29, 0.717) is 23.7 Å². The minimum Gasteiger partial charge on any atom is -0.481 e. The molecule has 0 unspecified atom stereocenters. The highest BCUT2D eigenvalue weighted by Crippen LogP contribution is 2.19. The van der Waals surface area contributed by atoms with Crippen LogP contribution in [0.25, 0.3) is 0 Å². The van der Waals surface area contributed by atoms with Gasteiger partial charge in [-0.25, -0.2) is 0 Å².